The van der Waals surface area contributed by atoms with Crippen LogP contribution in [0.5, 0.6) is 0 Å². The van der Waals surface area contributed by atoms with Gasteiger partial charge in [0.2, 0.25) is 0 Å². The topological polar surface area (TPSA) is 78.7 Å². The summed E-state index contributed by atoms with van der Waals surface area (Å²) in [6.07, 6.45) is 0. The van der Waals surface area contributed by atoms with E-state index in [1.54, 1.807) is 12.1 Å². The molecule has 7 heteroatoms. The van der Waals surface area contributed by atoms with Crippen LogP contribution in [0.1, 0.15) is 22.8 Å². The van der Waals surface area contributed by atoms with E-state index in [0.717, 1.165) is 17.8 Å². The fourth-order valence-electron chi connectivity index (χ4n) is 3.47. The van der Waals surface area contributed by atoms with Crippen LogP contribution in [0.15, 0.2) is 42.5 Å². The van der Waals surface area contributed by atoms with Gasteiger partial charge in [-0.2, -0.15) is 0 Å². The number of likely N-dealkylation sites (N-methyl/N-ethyl adjacent to an activating group) is 1. The molecule has 1 unspecified atom stereocenters. The van der Waals surface area contributed by atoms with E-state index >= 15 is 0 Å². The molecule has 0 radical (unpaired) electrons. The van der Waals surface area contributed by atoms with Crippen molar-refractivity contribution in [2.45, 2.75) is 19.5 Å². The number of amides is 1. The Bertz CT molecular complexity index is 852. The number of nitro benzene ring substituents is 1. The van der Waals surface area contributed by atoms with Gasteiger partial charge in [0.15, 0.2) is 0 Å². The molecule has 0 saturated heterocycles. The molecule has 0 bridgehead atoms. The van der Waals surface area contributed by atoms with E-state index in [1.807, 2.05) is 30.1 Å². The summed E-state index contributed by atoms with van der Waals surface area (Å²) in [5, 5.41) is 14.2. The Kier molecular flexibility index (Phi) is 4.79. The molecule has 26 heavy (non-hydrogen) atoms. The van der Waals surface area contributed by atoms with E-state index in [0.29, 0.717) is 12.2 Å². The van der Waals surface area contributed by atoms with Gasteiger partial charge in [-0.3, -0.25) is 14.9 Å². The highest BCUT2D eigenvalue weighted by Crippen LogP contribution is 2.35. The molecule has 1 N–H and O–H groups in total. The normalized spacial score (nSPS) is 16.7. The largest absolute Gasteiger partial charge is 0.372 e. The summed E-state index contributed by atoms with van der Waals surface area (Å²) in [6, 6.07) is 12.8. The minimum absolute atomic E-state index is 0.0556. The number of carbonyl (C=O) groups is 1. The monoisotopic (exact) mass is 354 g/mol. The summed E-state index contributed by atoms with van der Waals surface area (Å²) in [5.74, 6) is -0.339. The number of hydrogen-bond acceptors (Lipinski definition) is 5. The molecule has 1 aliphatic rings. The van der Waals surface area contributed by atoms with Gasteiger partial charge in [-0.15, -0.1) is 0 Å². The second kappa shape index (κ2) is 7.03. The highest BCUT2D eigenvalue weighted by Gasteiger charge is 2.28. The molecule has 1 heterocycles. The zero-order chi connectivity index (χ0) is 18.8. The van der Waals surface area contributed by atoms with Gasteiger partial charge in [0.05, 0.1) is 4.92 Å². The first-order valence-corrected chi connectivity index (χ1v) is 8.48. The summed E-state index contributed by atoms with van der Waals surface area (Å²) in [7, 11) is 3.54. The van der Waals surface area contributed by atoms with Crippen molar-refractivity contribution in [3.63, 3.8) is 0 Å². The quantitative estimate of drug-likeness (QED) is 0.677. The second-order valence-electron chi connectivity index (χ2n) is 6.53. The number of rotatable bonds is 3. The van der Waals surface area contributed by atoms with Gasteiger partial charge in [-0.1, -0.05) is 18.2 Å². The van der Waals surface area contributed by atoms with Crippen LogP contribution in [0.4, 0.5) is 17.1 Å². The molecular formula is C19H22N4O3. The van der Waals surface area contributed by atoms with Crippen molar-refractivity contribution in [1.82, 2.24) is 5.32 Å². The molecule has 7 nitrogen and oxygen atoms in total. The highest BCUT2D eigenvalue weighted by atomic mass is 16.6. The summed E-state index contributed by atoms with van der Waals surface area (Å²) in [4.78, 5) is 27.3. The number of anilines is 2. The Morgan fingerprint density at radius 2 is 1.96 bits per heavy atom. The van der Waals surface area contributed by atoms with Crippen molar-refractivity contribution in [3.05, 3.63) is 63.7 Å². The van der Waals surface area contributed by atoms with Crippen LogP contribution in [0.3, 0.4) is 0 Å². The van der Waals surface area contributed by atoms with Crippen LogP contribution in [0, 0.1) is 10.1 Å². The maximum absolute atomic E-state index is 11.8. The van der Waals surface area contributed by atoms with E-state index in [1.165, 1.54) is 13.1 Å². The van der Waals surface area contributed by atoms with Gasteiger partial charge in [0, 0.05) is 50.5 Å². The summed E-state index contributed by atoms with van der Waals surface area (Å²) in [6.45, 7) is 3.37. The van der Waals surface area contributed by atoms with Crippen LogP contribution in [-0.2, 0) is 6.54 Å². The van der Waals surface area contributed by atoms with Crippen molar-refractivity contribution >= 4 is 23.0 Å². The maximum atomic E-state index is 11.8. The van der Waals surface area contributed by atoms with Gasteiger partial charge in [0.1, 0.15) is 5.69 Å². The molecule has 0 spiro atoms. The van der Waals surface area contributed by atoms with E-state index in [-0.39, 0.29) is 23.2 Å². The van der Waals surface area contributed by atoms with Crippen molar-refractivity contribution in [1.29, 1.82) is 0 Å². The number of nitrogens with zero attached hydrogens (tertiary/aromatic N) is 3. The summed E-state index contributed by atoms with van der Waals surface area (Å²) < 4.78 is 0. The fraction of sp³-hybridized carbons (Fsp3) is 0.316. The Morgan fingerprint density at radius 1 is 1.23 bits per heavy atom. The van der Waals surface area contributed by atoms with Gasteiger partial charge in [-0.05, 0) is 30.7 Å². The Hall–Kier alpha value is -3.09. The van der Waals surface area contributed by atoms with E-state index < -0.39 is 4.92 Å². The number of carbonyl (C=O) groups excluding carboxylic acids is 1. The Morgan fingerprint density at radius 3 is 2.65 bits per heavy atom. The molecule has 0 aliphatic carbocycles. The molecule has 1 aliphatic heterocycles. The molecule has 0 saturated carbocycles. The molecule has 2 aromatic carbocycles. The summed E-state index contributed by atoms with van der Waals surface area (Å²) >= 11 is 0. The smallest absolute Gasteiger partial charge is 0.293 e. The molecule has 2 aromatic rings. The highest BCUT2D eigenvalue weighted by molar-refractivity contribution is 5.95. The van der Waals surface area contributed by atoms with Crippen LogP contribution >= 0.6 is 0 Å². The van der Waals surface area contributed by atoms with Gasteiger partial charge in [0.25, 0.3) is 11.6 Å². The van der Waals surface area contributed by atoms with Crippen LogP contribution in [0.25, 0.3) is 0 Å². The molecular weight excluding hydrogens is 332 g/mol. The van der Waals surface area contributed by atoms with Crippen molar-refractivity contribution in [2.75, 3.05) is 30.4 Å². The molecule has 0 fully saturated rings. The fourth-order valence-corrected chi connectivity index (χ4v) is 3.47. The minimum atomic E-state index is -0.422. The Labute approximate surface area is 152 Å². The molecule has 0 aromatic heterocycles. The van der Waals surface area contributed by atoms with E-state index in [4.69, 9.17) is 0 Å². The van der Waals surface area contributed by atoms with Crippen molar-refractivity contribution in [2.24, 2.45) is 0 Å². The van der Waals surface area contributed by atoms with Crippen molar-refractivity contribution < 1.29 is 9.72 Å². The maximum Gasteiger partial charge on any atom is 0.293 e. The number of benzene rings is 2. The lowest BCUT2D eigenvalue weighted by atomic mass is 10.1. The van der Waals surface area contributed by atoms with E-state index in [2.05, 4.69) is 23.2 Å². The predicted octanol–water partition coefficient (Wildman–Crippen LogP) is 2.80. The lowest BCUT2D eigenvalue weighted by molar-refractivity contribution is -0.384. The number of para-hydroxylation sites is 1. The first kappa shape index (κ1) is 17.7. The third-order valence-electron chi connectivity index (χ3n) is 4.78. The first-order valence-electron chi connectivity index (χ1n) is 8.48. The predicted molar refractivity (Wildman–Crippen MR) is 102 cm³/mol. The lowest BCUT2D eigenvalue weighted by Gasteiger charge is -2.30. The lowest BCUT2D eigenvalue weighted by Crippen LogP contribution is -2.38. The van der Waals surface area contributed by atoms with Gasteiger partial charge >= 0.3 is 0 Å². The first-order chi connectivity index (χ1) is 12.4. The third kappa shape index (κ3) is 3.20. The summed E-state index contributed by atoms with van der Waals surface area (Å²) in [5.41, 5.74) is 3.00. The van der Waals surface area contributed by atoms with Crippen LogP contribution < -0.4 is 15.1 Å². The number of nitro groups is 1. The second-order valence-corrected chi connectivity index (χ2v) is 6.53. The van der Waals surface area contributed by atoms with E-state index in [9.17, 15) is 14.9 Å². The van der Waals surface area contributed by atoms with Gasteiger partial charge < -0.3 is 15.1 Å². The van der Waals surface area contributed by atoms with Gasteiger partial charge in [-0.25, -0.2) is 0 Å². The van der Waals surface area contributed by atoms with Crippen molar-refractivity contribution in [3.8, 4) is 0 Å². The number of nitrogens with one attached hydrogen (secondary N) is 1. The Balaban J connectivity index is 2.07. The zero-order valence-corrected chi connectivity index (χ0v) is 15.1. The standard InChI is InChI=1S/C19H22N4O3/c1-13-11-21(3)16-7-5-4-6-15(16)12-22(13)17-9-8-14(19(24)20-2)10-18(17)23(25)26/h4-10,13H,11-12H2,1-3H3,(H,20,24). The molecule has 136 valence electrons. The SMILES string of the molecule is CNC(=O)c1ccc(N2Cc3ccccc3N(C)CC2C)c([N+](=O)[O-])c1. The number of fused-ring (bicyclic) bond motifs is 1. The average Bonchev–Trinajstić information content (AvgIpc) is 2.77. The molecule has 1 atom stereocenters. The molecule has 1 amide bonds. The minimum Gasteiger partial charge on any atom is -0.372 e. The molecule has 3 rings (SSSR count). The third-order valence-corrected chi connectivity index (χ3v) is 4.78. The zero-order valence-electron chi connectivity index (χ0n) is 15.1. The average molecular weight is 354 g/mol. The number of hydrogen-bond donors (Lipinski definition) is 1. The van der Waals surface area contributed by atoms with Crippen LogP contribution in [-0.4, -0.2) is 37.5 Å². The van der Waals surface area contributed by atoms with Crippen LogP contribution in [0.2, 0.25) is 0 Å².